The molecule has 2 fully saturated rings. The number of likely N-dealkylation sites (tertiary alicyclic amines) is 1. The third-order valence-electron chi connectivity index (χ3n) is 8.02. The van der Waals surface area contributed by atoms with Gasteiger partial charge >= 0.3 is 5.97 Å². The number of carbonyl (C=O) groups is 3. The molecule has 8 heteroatoms. The summed E-state index contributed by atoms with van der Waals surface area (Å²) in [6, 6.07) is -0.706. The molecule has 1 unspecified atom stereocenters. The van der Waals surface area contributed by atoms with Gasteiger partial charge in [-0.3, -0.25) is 14.4 Å². The van der Waals surface area contributed by atoms with E-state index in [1.54, 1.807) is 16.7 Å². The Morgan fingerprint density at radius 2 is 1.78 bits per heavy atom. The number of ether oxygens (including phenoxy) is 1. The standard InChI is InChI=1S/C28H42N2O5S/c1-25(2,3)18-26(4,5)30-15-11-13-28-19(20-24(34)35-17-10-7-12-27(20,6)36-28)22(32)29(14-8-9-16-31)21(28)23(30)33/h7,11-13,19-21,31H,8-10,14-18H2,1-6H3/t19-,20+,21?,27-,28-/m0/s1. The molecule has 4 rings (SSSR count). The number of unbranched alkanes of at least 4 members (excludes halogenated alkanes) is 1. The molecule has 0 aromatic carbocycles. The van der Waals surface area contributed by atoms with Gasteiger partial charge in [-0.25, -0.2) is 0 Å². The van der Waals surface area contributed by atoms with Crippen molar-refractivity contribution in [2.45, 2.75) is 88.3 Å². The number of carbonyl (C=O) groups excluding carboxylic acids is 3. The van der Waals surface area contributed by atoms with E-state index in [1.165, 1.54) is 0 Å². The van der Waals surface area contributed by atoms with Crippen LogP contribution in [0, 0.1) is 17.3 Å². The maximum Gasteiger partial charge on any atom is 0.311 e. The van der Waals surface area contributed by atoms with Crippen LogP contribution >= 0.6 is 11.8 Å². The molecular formula is C28H42N2O5S. The van der Waals surface area contributed by atoms with E-state index < -0.39 is 32.9 Å². The van der Waals surface area contributed by atoms with Gasteiger partial charge in [0.1, 0.15) is 6.04 Å². The van der Waals surface area contributed by atoms with Crippen LogP contribution in [-0.2, 0) is 19.1 Å². The minimum absolute atomic E-state index is 0.0158. The number of amides is 2. The van der Waals surface area contributed by atoms with Crippen molar-refractivity contribution >= 4 is 29.5 Å². The van der Waals surface area contributed by atoms with Crippen molar-refractivity contribution in [3.63, 3.8) is 0 Å². The quantitative estimate of drug-likeness (QED) is 0.329. The van der Waals surface area contributed by atoms with Crippen LogP contribution in [0.25, 0.3) is 0 Å². The van der Waals surface area contributed by atoms with Gasteiger partial charge in [0.25, 0.3) is 0 Å². The van der Waals surface area contributed by atoms with Crippen LogP contribution in [0.5, 0.6) is 0 Å². The van der Waals surface area contributed by atoms with E-state index in [9.17, 15) is 19.5 Å². The first-order valence-electron chi connectivity index (χ1n) is 13.2. The minimum Gasteiger partial charge on any atom is -0.465 e. The number of esters is 1. The Bertz CT molecular complexity index is 969. The second-order valence-corrected chi connectivity index (χ2v) is 14.5. The highest BCUT2D eigenvalue weighted by molar-refractivity contribution is 8.02. The van der Waals surface area contributed by atoms with Crippen molar-refractivity contribution in [3.8, 4) is 0 Å². The van der Waals surface area contributed by atoms with Crippen molar-refractivity contribution < 1.29 is 24.2 Å². The van der Waals surface area contributed by atoms with E-state index in [1.807, 2.05) is 24.0 Å². The summed E-state index contributed by atoms with van der Waals surface area (Å²) in [5, 5.41) is 9.37. The summed E-state index contributed by atoms with van der Waals surface area (Å²) >= 11 is 1.58. The average Bonchev–Trinajstić information content (AvgIpc) is 3.05. The molecule has 0 aliphatic carbocycles. The second kappa shape index (κ2) is 9.50. The van der Waals surface area contributed by atoms with Crippen molar-refractivity contribution in [3.05, 3.63) is 24.3 Å². The fourth-order valence-electron chi connectivity index (χ4n) is 7.06. The van der Waals surface area contributed by atoms with Crippen LogP contribution in [0.1, 0.15) is 67.2 Å². The zero-order chi connectivity index (χ0) is 26.5. The molecule has 0 bridgehead atoms. The lowest BCUT2D eigenvalue weighted by Crippen LogP contribution is -2.58. The van der Waals surface area contributed by atoms with Crippen LogP contribution in [-0.4, -0.2) is 80.1 Å². The summed E-state index contributed by atoms with van der Waals surface area (Å²) in [6.07, 6.45) is 10.8. The Morgan fingerprint density at radius 3 is 2.44 bits per heavy atom. The zero-order valence-corrected chi connectivity index (χ0v) is 23.4. The van der Waals surface area contributed by atoms with Crippen LogP contribution in [0.2, 0.25) is 0 Å². The molecule has 0 saturated carbocycles. The van der Waals surface area contributed by atoms with Gasteiger partial charge in [0.15, 0.2) is 0 Å². The Labute approximate surface area is 219 Å². The lowest BCUT2D eigenvalue weighted by molar-refractivity contribution is -0.154. The molecule has 0 radical (unpaired) electrons. The molecular weight excluding hydrogens is 476 g/mol. The van der Waals surface area contributed by atoms with Crippen LogP contribution in [0.15, 0.2) is 24.3 Å². The first-order valence-corrected chi connectivity index (χ1v) is 14.0. The van der Waals surface area contributed by atoms with Gasteiger partial charge in [-0.1, -0.05) is 45.1 Å². The molecule has 200 valence electrons. The number of hydrogen-bond donors (Lipinski definition) is 1. The summed E-state index contributed by atoms with van der Waals surface area (Å²) < 4.78 is 4.09. The molecule has 1 N–H and O–H groups in total. The number of aliphatic hydroxyl groups is 1. The van der Waals surface area contributed by atoms with E-state index in [2.05, 4.69) is 46.8 Å². The minimum atomic E-state index is -0.854. The fraction of sp³-hybridized carbons (Fsp3) is 0.750. The highest BCUT2D eigenvalue weighted by atomic mass is 32.2. The molecule has 7 nitrogen and oxygen atoms in total. The van der Waals surface area contributed by atoms with Gasteiger partial charge in [0, 0.05) is 30.0 Å². The van der Waals surface area contributed by atoms with Crippen molar-refractivity contribution in [2.24, 2.45) is 17.3 Å². The number of cyclic esters (lactones) is 1. The molecule has 36 heavy (non-hydrogen) atoms. The Morgan fingerprint density at radius 1 is 1.06 bits per heavy atom. The summed E-state index contributed by atoms with van der Waals surface area (Å²) in [4.78, 5) is 45.6. The molecule has 2 amide bonds. The van der Waals surface area contributed by atoms with E-state index in [-0.39, 0.29) is 29.8 Å². The van der Waals surface area contributed by atoms with Gasteiger partial charge in [-0.2, -0.15) is 0 Å². The predicted octanol–water partition coefficient (Wildman–Crippen LogP) is 3.56. The zero-order valence-electron chi connectivity index (χ0n) is 22.6. The molecule has 4 aliphatic rings. The first kappa shape index (κ1) is 27.2. The molecule has 2 saturated heterocycles. The van der Waals surface area contributed by atoms with Gasteiger partial charge in [-0.15, -0.1) is 11.8 Å². The first-order chi connectivity index (χ1) is 16.8. The lowest BCUT2D eigenvalue weighted by atomic mass is 9.74. The highest BCUT2D eigenvalue weighted by Crippen LogP contribution is 2.65. The van der Waals surface area contributed by atoms with E-state index >= 15 is 0 Å². The second-order valence-electron chi connectivity index (χ2n) is 12.7. The van der Waals surface area contributed by atoms with E-state index in [0.717, 1.165) is 6.42 Å². The smallest absolute Gasteiger partial charge is 0.311 e. The van der Waals surface area contributed by atoms with E-state index in [0.29, 0.717) is 39.0 Å². The third-order valence-corrected chi connectivity index (χ3v) is 9.82. The Kier molecular flexibility index (Phi) is 7.19. The Hall–Kier alpha value is -1.80. The molecule has 0 aromatic heterocycles. The molecule has 1 spiro atoms. The normalized spacial score (nSPS) is 34.6. The van der Waals surface area contributed by atoms with Crippen molar-refractivity contribution in [1.82, 2.24) is 9.80 Å². The molecule has 4 aliphatic heterocycles. The number of fused-ring (bicyclic) bond motifs is 2. The monoisotopic (exact) mass is 518 g/mol. The maximum absolute atomic E-state index is 14.5. The van der Waals surface area contributed by atoms with Gasteiger partial charge in [0.2, 0.25) is 11.8 Å². The van der Waals surface area contributed by atoms with Crippen LogP contribution < -0.4 is 0 Å². The highest BCUT2D eigenvalue weighted by Gasteiger charge is 2.74. The maximum atomic E-state index is 14.5. The predicted molar refractivity (Wildman–Crippen MR) is 141 cm³/mol. The summed E-state index contributed by atoms with van der Waals surface area (Å²) in [5.74, 6) is -1.90. The molecule has 0 aromatic rings. The summed E-state index contributed by atoms with van der Waals surface area (Å²) in [6.45, 7) is 13.9. The third kappa shape index (κ3) is 4.53. The molecule has 5 atom stereocenters. The van der Waals surface area contributed by atoms with Crippen LogP contribution in [0.3, 0.4) is 0 Å². The Balaban J connectivity index is 1.82. The van der Waals surface area contributed by atoms with Gasteiger partial charge in [0.05, 0.1) is 23.2 Å². The van der Waals surface area contributed by atoms with Gasteiger partial charge < -0.3 is 19.6 Å². The number of thioether (sulfide) groups is 1. The largest absolute Gasteiger partial charge is 0.465 e. The van der Waals surface area contributed by atoms with Crippen molar-refractivity contribution in [2.75, 3.05) is 26.3 Å². The summed E-state index contributed by atoms with van der Waals surface area (Å²) in [5.41, 5.74) is -0.404. The number of hydrogen-bond acceptors (Lipinski definition) is 6. The molecule has 4 heterocycles. The fourth-order valence-corrected chi connectivity index (χ4v) is 9.21. The number of nitrogens with zero attached hydrogens (tertiary/aromatic N) is 2. The average molecular weight is 519 g/mol. The topological polar surface area (TPSA) is 87.2 Å². The lowest BCUT2D eigenvalue weighted by Gasteiger charge is -2.44. The number of aliphatic hydroxyl groups excluding tert-OH is 1. The van der Waals surface area contributed by atoms with E-state index in [4.69, 9.17) is 4.74 Å². The van der Waals surface area contributed by atoms with Gasteiger partial charge in [-0.05, 0) is 51.9 Å². The van der Waals surface area contributed by atoms with Crippen molar-refractivity contribution in [1.29, 1.82) is 0 Å². The number of rotatable bonds is 6. The SMILES string of the molecule is CC(C)(C)CC(C)(C)N1CC=C[C@]23S[C@@]4(C)C=CCCOC(=O)[C@H]4[C@H]2C(=O)N(CCCCO)C3C1=O. The summed E-state index contributed by atoms with van der Waals surface area (Å²) in [7, 11) is 0. The van der Waals surface area contributed by atoms with Crippen LogP contribution in [0.4, 0.5) is 0 Å².